The number of nitrogens with zero attached hydrogens (tertiary/aromatic N) is 1. The molecule has 142 valence electrons. The Morgan fingerprint density at radius 1 is 1.04 bits per heavy atom. The number of rotatable bonds is 7. The fourth-order valence-corrected chi connectivity index (χ4v) is 2.51. The summed E-state index contributed by atoms with van der Waals surface area (Å²) in [6.45, 7) is 6.56. The fourth-order valence-electron chi connectivity index (χ4n) is 2.51. The van der Waals surface area contributed by atoms with Crippen LogP contribution in [-0.2, 0) is 9.59 Å². The molecule has 2 rings (SSSR count). The van der Waals surface area contributed by atoms with E-state index in [1.807, 2.05) is 13.8 Å². The smallest absolute Gasteiger partial charge is 0.244 e. The zero-order chi connectivity index (χ0) is 20.0. The minimum atomic E-state index is -0.337. The Kier molecular flexibility index (Phi) is 6.71. The lowest BCUT2D eigenvalue weighted by atomic mass is 10.1. The van der Waals surface area contributed by atoms with Gasteiger partial charge in [-0.25, -0.2) is 0 Å². The van der Waals surface area contributed by atoms with Crippen LogP contribution in [0, 0.1) is 0 Å². The number of ether oxygens (including phenoxy) is 1. The van der Waals surface area contributed by atoms with Gasteiger partial charge >= 0.3 is 0 Å². The van der Waals surface area contributed by atoms with Gasteiger partial charge in [0.15, 0.2) is 5.78 Å². The third-order valence-corrected chi connectivity index (χ3v) is 3.76. The number of hydrogen-bond donors (Lipinski definition) is 1. The third kappa shape index (κ3) is 5.95. The molecule has 0 bridgehead atoms. The van der Waals surface area contributed by atoms with Crippen LogP contribution in [0.3, 0.4) is 0 Å². The largest absolute Gasteiger partial charge is 0.491 e. The van der Waals surface area contributed by atoms with Crippen LogP contribution in [0.25, 0.3) is 0 Å². The Hall–Kier alpha value is -3.15. The highest BCUT2D eigenvalue weighted by Crippen LogP contribution is 2.19. The van der Waals surface area contributed by atoms with Crippen molar-refractivity contribution in [2.24, 2.45) is 0 Å². The number of carbonyl (C=O) groups excluding carboxylic acids is 3. The second-order valence-electron chi connectivity index (χ2n) is 6.45. The van der Waals surface area contributed by atoms with Gasteiger partial charge in [-0.3, -0.25) is 14.4 Å². The lowest BCUT2D eigenvalue weighted by molar-refractivity contribution is -0.120. The fraction of sp³-hybridized carbons (Fsp3) is 0.286. The molecule has 27 heavy (non-hydrogen) atoms. The molecule has 0 aliphatic heterocycles. The van der Waals surface area contributed by atoms with Gasteiger partial charge in [0.2, 0.25) is 11.8 Å². The molecule has 0 aromatic heterocycles. The van der Waals surface area contributed by atoms with Crippen molar-refractivity contribution < 1.29 is 19.1 Å². The molecular formula is C21H24N2O4. The third-order valence-electron chi connectivity index (χ3n) is 3.76. The van der Waals surface area contributed by atoms with E-state index in [1.54, 1.807) is 48.5 Å². The molecule has 1 N–H and O–H groups in total. The second kappa shape index (κ2) is 8.98. The number of anilines is 2. The van der Waals surface area contributed by atoms with E-state index in [1.165, 1.54) is 18.7 Å². The van der Waals surface area contributed by atoms with Gasteiger partial charge in [0.1, 0.15) is 12.3 Å². The van der Waals surface area contributed by atoms with Crippen LogP contribution in [0.2, 0.25) is 0 Å². The first-order chi connectivity index (χ1) is 12.8. The summed E-state index contributed by atoms with van der Waals surface area (Å²) >= 11 is 0. The Morgan fingerprint density at radius 3 is 2.26 bits per heavy atom. The first-order valence-corrected chi connectivity index (χ1v) is 8.72. The van der Waals surface area contributed by atoms with Gasteiger partial charge < -0.3 is 15.0 Å². The second-order valence-corrected chi connectivity index (χ2v) is 6.45. The number of ketones is 1. The molecule has 0 fully saturated rings. The SMILES string of the molecule is CC(=O)c1cccc(N(CC(=O)Nc2ccc(OC(C)C)cc2)C(C)=O)c1. The zero-order valence-corrected chi connectivity index (χ0v) is 16.0. The van der Waals surface area contributed by atoms with E-state index in [2.05, 4.69) is 5.32 Å². The zero-order valence-electron chi connectivity index (χ0n) is 16.0. The van der Waals surface area contributed by atoms with E-state index in [0.29, 0.717) is 16.9 Å². The predicted molar refractivity (Wildman–Crippen MR) is 105 cm³/mol. The first kappa shape index (κ1) is 20.2. The number of Topliss-reactive ketones (excluding diaryl/α,β-unsaturated/α-hetero) is 1. The summed E-state index contributed by atoms with van der Waals surface area (Å²) in [5, 5.41) is 2.76. The molecule has 6 nitrogen and oxygen atoms in total. The van der Waals surface area contributed by atoms with Gasteiger partial charge in [-0.1, -0.05) is 12.1 Å². The molecule has 0 heterocycles. The van der Waals surface area contributed by atoms with Crippen LogP contribution in [0.15, 0.2) is 48.5 Å². The molecule has 0 saturated carbocycles. The summed E-state index contributed by atoms with van der Waals surface area (Å²) in [6, 6.07) is 13.7. The molecule has 0 spiro atoms. The minimum Gasteiger partial charge on any atom is -0.491 e. The summed E-state index contributed by atoms with van der Waals surface area (Å²) < 4.78 is 5.57. The van der Waals surface area contributed by atoms with Gasteiger partial charge in [0, 0.05) is 23.9 Å². The van der Waals surface area contributed by atoms with Crippen molar-refractivity contribution in [1.82, 2.24) is 0 Å². The lowest BCUT2D eigenvalue weighted by Crippen LogP contribution is -2.36. The highest BCUT2D eigenvalue weighted by Gasteiger charge is 2.17. The Bertz CT molecular complexity index is 828. The summed E-state index contributed by atoms with van der Waals surface area (Å²) in [6.07, 6.45) is 0.0698. The highest BCUT2D eigenvalue weighted by atomic mass is 16.5. The number of amides is 2. The Balaban J connectivity index is 2.08. The molecule has 0 atom stereocenters. The van der Waals surface area contributed by atoms with E-state index in [0.717, 1.165) is 5.75 Å². The Morgan fingerprint density at radius 2 is 1.70 bits per heavy atom. The summed E-state index contributed by atoms with van der Waals surface area (Å²) in [5.41, 5.74) is 1.60. The van der Waals surface area contributed by atoms with E-state index in [-0.39, 0.29) is 30.2 Å². The molecule has 2 aromatic carbocycles. The molecule has 0 unspecified atom stereocenters. The number of benzene rings is 2. The summed E-state index contributed by atoms with van der Waals surface area (Å²) in [4.78, 5) is 37.3. The van der Waals surface area contributed by atoms with Gasteiger partial charge in [0.25, 0.3) is 0 Å². The maximum atomic E-state index is 12.4. The molecule has 6 heteroatoms. The van der Waals surface area contributed by atoms with Crippen LogP contribution in [0.1, 0.15) is 38.1 Å². The van der Waals surface area contributed by atoms with Crippen molar-refractivity contribution in [3.63, 3.8) is 0 Å². The van der Waals surface area contributed by atoms with Crippen molar-refractivity contribution in [3.8, 4) is 5.75 Å². The predicted octanol–water partition coefficient (Wildman–Crippen LogP) is 3.67. The molecule has 0 aliphatic rings. The van der Waals surface area contributed by atoms with E-state index >= 15 is 0 Å². The van der Waals surface area contributed by atoms with Gasteiger partial charge in [-0.2, -0.15) is 0 Å². The standard InChI is InChI=1S/C21H24N2O4/c1-14(2)27-20-10-8-18(9-11-20)22-21(26)13-23(16(4)25)19-7-5-6-17(12-19)15(3)24/h5-12,14H,13H2,1-4H3,(H,22,26). The van der Waals surface area contributed by atoms with Crippen LogP contribution in [0.4, 0.5) is 11.4 Å². The first-order valence-electron chi connectivity index (χ1n) is 8.72. The van der Waals surface area contributed by atoms with E-state index < -0.39 is 0 Å². The molecule has 0 saturated heterocycles. The van der Waals surface area contributed by atoms with Crippen LogP contribution in [0.5, 0.6) is 5.75 Å². The molecular weight excluding hydrogens is 344 g/mol. The van der Waals surface area contributed by atoms with Gasteiger partial charge in [0.05, 0.1) is 6.10 Å². The maximum Gasteiger partial charge on any atom is 0.244 e. The Labute approximate surface area is 159 Å². The average molecular weight is 368 g/mol. The van der Waals surface area contributed by atoms with Crippen molar-refractivity contribution in [2.75, 3.05) is 16.8 Å². The van der Waals surface area contributed by atoms with Crippen molar-refractivity contribution in [1.29, 1.82) is 0 Å². The average Bonchev–Trinajstić information content (AvgIpc) is 2.60. The number of carbonyl (C=O) groups is 3. The monoisotopic (exact) mass is 368 g/mol. The maximum absolute atomic E-state index is 12.4. The van der Waals surface area contributed by atoms with Crippen molar-refractivity contribution in [2.45, 2.75) is 33.8 Å². The lowest BCUT2D eigenvalue weighted by Gasteiger charge is -2.21. The molecule has 2 aromatic rings. The minimum absolute atomic E-state index is 0.0698. The van der Waals surface area contributed by atoms with Crippen molar-refractivity contribution >= 4 is 29.0 Å². The number of hydrogen-bond acceptors (Lipinski definition) is 4. The quantitative estimate of drug-likeness (QED) is 0.757. The van der Waals surface area contributed by atoms with Crippen molar-refractivity contribution in [3.05, 3.63) is 54.1 Å². The van der Waals surface area contributed by atoms with Crippen LogP contribution in [-0.4, -0.2) is 30.2 Å². The molecule has 0 aliphatic carbocycles. The summed E-state index contributed by atoms with van der Waals surface area (Å²) in [7, 11) is 0. The van der Waals surface area contributed by atoms with Crippen LogP contribution < -0.4 is 15.0 Å². The van der Waals surface area contributed by atoms with E-state index in [9.17, 15) is 14.4 Å². The number of nitrogens with one attached hydrogen (secondary N) is 1. The topological polar surface area (TPSA) is 75.7 Å². The summed E-state index contributed by atoms with van der Waals surface area (Å²) in [5.74, 6) is -0.00888. The van der Waals surface area contributed by atoms with Gasteiger partial charge in [-0.05, 0) is 57.2 Å². The molecule has 0 radical (unpaired) electrons. The highest BCUT2D eigenvalue weighted by molar-refractivity contribution is 6.03. The van der Waals surface area contributed by atoms with E-state index in [4.69, 9.17) is 4.74 Å². The van der Waals surface area contributed by atoms with Crippen LogP contribution >= 0.6 is 0 Å². The molecule has 2 amide bonds. The normalized spacial score (nSPS) is 10.4. The van der Waals surface area contributed by atoms with Gasteiger partial charge in [-0.15, -0.1) is 0 Å².